The van der Waals surface area contributed by atoms with Gasteiger partial charge in [-0.05, 0) is 31.5 Å². The summed E-state index contributed by atoms with van der Waals surface area (Å²) in [5.41, 5.74) is 6.30. The minimum Gasteiger partial charge on any atom is -0.334 e. The predicted molar refractivity (Wildman–Crippen MR) is 78.3 cm³/mol. The van der Waals surface area contributed by atoms with Crippen molar-refractivity contribution in [3.8, 4) is 0 Å². The van der Waals surface area contributed by atoms with Crippen molar-refractivity contribution >= 4 is 17.5 Å². The monoisotopic (exact) mass is 275 g/mol. The zero-order valence-electron chi connectivity index (χ0n) is 11.8. The van der Waals surface area contributed by atoms with Crippen LogP contribution in [0.3, 0.4) is 0 Å². The van der Waals surface area contributed by atoms with Gasteiger partial charge in [0.25, 0.3) is 0 Å². The number of rotatable bonds is 5. The van der Waals surface area contributed by atoms with Gasteiger partial charge in [0.1, 0.15) is 6.04 Å². The molecule has 0 bridgehead atoms. The van der Waals surface area contributed by atoms with E-state index in [4.69, 9.17) is 5.73 Å². The highest BCUT2D eigenvalue weighted by atomic mass is 16.2. The van der Waals surface area contributed by atoms with Crippen LogP contribution in [-0.2, 0) is 9.59 Å². The number of anilines is 1. The summed E-state index contributed by atoms with van der Waals surface area (Å²) in [6, 6.07) is 9.22. The molecular weight excluding hydrogens is 254 g/mol. The molecule has 1 saturated heterocycles. The van der Waals surface area contributed by atoms with Crippen LogP contribution >= 0.6 is 0 Å². The molecule has 1 aromatic carbocycles. The molecule has 5 nitrogen and oxygen atoms in total. The molecule has 0 radical (unpaired) electrons. The lowest BCUT2D eigenvalue weighted by Crippen LogP contribution is -2.43. The molecule has 2 rings (SSSR count). The van der Waals surface area contributed by atoms with E-state index >= 15 is 0 Å². The molecular formula is C15H21N3O2. The molecule has 0 spiro atoms. The van der Waals surface area contributed by atoms with Crippen LogP contribution in [0, 0.1) is 0 Å². The van der Waals surface area contributed by atoms with Gasteiger partial charge in [0.2, 0.25) is 11.8 Å². The van der Waals surface area contributed by atoms with Crippen molar-refractivity contribution < 1.29 is 9.59 Å². The summed E-state index contributed by atoms with van der Waals surface area (Å²) >= 11 is 0. The molecule has 1 atom stereocenters. The minimum atomic E-state index is -0.347. The number of para-hydroxylation sites is 1. The number of carbonyl (C=O) groups excluding carboxylic acids is 2. The molecule has 0 saturated carbocycles. The number of hydrogen-bond acceptors (Lipinski definition) is 3. The first-order valence-corrected chi connectivity index (χ1v) is 6.97. The van der Waals surface area contributed by atoms with Crippen LogP contribution in [0.4, 0.5) is 5.69 Å². The molecule has 1 unspecified atom stereocenters. The number of likely N-dealkylation sites (N-methyl/N-ethyl adjacent to an activating group) is 1. The topological polar surface area (TPSA) is 66.6 Å². The average molecular weight is 275 g/mol. The van der Waals surface area contributed by atoms with Gasteiger partial charge in [0.15, 0.2) is 0 Å². The second kappa shape index (κ2) is 6.52. The normalized spacial score (nSPS) is 18.4. The Morgan fingerprint density at radius 1 is 1.40 bits per heavy atom. The van der Waals surface area contributed by atoms with Gasteiger partial charge < -0.3 is 15.5 Å². The van der Waals surface area contributed by atoms with Crippen molar-refractivity contribution in [2.75, 3.05) is 25.0 Å². The molecule has 1 aliphatic rings. The van der Waals surface area contributed by atoms with Crippen molar-refractivity contribution in [1.29, 1.82) is 0 Å². The van der Waals surface area contributed by atoms with Crippen molar-refractivity contribution in [2.24, 2.45) is 5.73 Å². The van der Waals surface area contributed by atoms with Crippen molar-refractivity contribution in [3.05, 3.63) is 30.3 Å². The van der Waals surface area contributed by atoms with Crippen molar-refractivity contribution in [2.45, 2.75) is 25.3 Å². The maximum Gasteiger partial charge on any atom is 0.249 e. The van der Waals surface area contributed by atoms with E-state index in [1.54, 1.807) is 16.8 Å². The summed E-state index contributed by atoms with van der Waals surface area (Å²) in [6.45, 7) is 1.15. The van der Waals surface area contributed by atoms with E-state index in [2.05, 4.69) is 0 Å². The molecule has 20 heavy (non-hydrogen) atoms. The quantitative estimate of drug-likeness (QED) is 0.871. The SMILES string of the molecule is CN(C(=O)CCCN)C1CCN(c2ccccc2)C1=O. The van der Waals surface area contributed by atoms with E-state index in [1.807, 2.05) is 30.3 Å². The van der Waals surface area contributed by atoms with Crippen LogP contribution in [-0.4, -0.2) is 42.9 Å². The van der Waals surface area contributed by atoms with Crippen molar-refractivity contribution in [1.82, 2.24) is 4.90 Å². The first-order chi connectivity index (χ1) is 9.65. The molecule has 2 N–H and O–H groups in total. The highest BCUT2D eigenvalue weighted by Crippen LogP contribution is 2.23. The van der Waals surface area contributed by atoms with Gasteiger partial charge in [0, 0.05) is 25.7 Å². The maximum absolute atomic E-state index is 12.4. The first kappa shape index (κ1) is 14.5. The van der Waals surface area contributed by atoms with E-state index in [0.29, 0.717) is 32.4 Å². The second-order valence-corrected chi connectivity index (χ2v) is 5.03. The Morgan fingerprint density at radius 3 is 2.75 bits per heavy atom. The Morgan fingerprint density at radius 2 is 2.10 bits per heavy atom. The van der Waals surface area contributed by atoms with Crippen LogP contribution in [0.25, 0.3) is 0 Å². The van der Waals surface area contributed by atoms with Gasteiger partial charge in [-0.3, -0.25) is 9.59 Å². The van der Waals surface area contributed by atoms with Gasteiger partial charge in [-0.1, -0.05) is 18.2 Å². The fourth-order valence-corrected chi connectivity index (χ4v) is 2.49. The van der Waals surface area contributed by atoms with Crippen LogP contribution in [0.5, 0.6) is 0 Å². The highest BCUT2D eigenvalue weighted by molar-refractivity contribution is 6.01. The number of amides is 2. The molecule has 5 heteroatoms. The van der Waals surface area contributed by atoms with E-state index in [-0.39, 0.29) is 17.9 Å². The molecule has 0 aliphatic carbocycles. The van der Waals surface area contributed by atoms with Crippen molar-refractivity contribution in [3.63, 3.8) is 0 Å². The summed E-state index contributed by atoms with van der Waals surface area (Å²) in [7, 11) is 1.70. The fourth-order valence-electron chi connectivity index (χ4n) is 2.49. The third-order valence-corrected chi connectivity index (χ3v) is 3.70. The smallest absolute Gasteiger partial charge is 0.249 e. The van der Waals surface area contributed by atoms with Gasteiger partial charge in [0.05, 0.1) is 0 Å². The van der Waals surface area contributed by atoms with Crippen LogP contribution < -0.4 is 10.6 Å². The number of hydrogen-bond donors (Lipinski definition) is 1. The average Bonchev–Trinajstić information content (AvgIpc) is 2.86. The summed E-state index contributed by atoms with van der Waals surface area (Å²) in [5.74, 6) is -0.0106. The molecule has 1 heterocycles. The van der Waals surface area contributed by atoms with E-state index in [1.165, 1.54) is 0 Å². The fraction of sp³-hybridized carbons (Fsp3) is 0.467. The third-order valence-electron chi connectivity index (χ3n) is 3.70. The lowest BCUT2D eigenvalue weighted by molar-refractivity contribution is -0.136. The number of carbonyl (C=O) groups is 2. The summed E-state index contributed by atoms with van der Waals surface area (Å²) < 4.78 is 0. The molecule has 1 aliphatic heterocycles. The second-order valence-electron chi connectivity index (χ2n) is 5.03. The zero-order chi connectivity index (χ0) is 14.5. The van der Waals surface area contributed by atoms with Gasteiger partial charge in [-0.15, -0.1) is 0 Å². The van der Waals surface area contributed by atoms with Crippen LogP contribution in [0.15, 0.2) is 30.3 Å². The number of nitrogens with two attached hydrogens (primary N) is 1. The third kappa shape index (κ3) is 2.99. The van der Waals surface area contributed by atoms with Crippen LogP contribution in [0.2, 0.25) is 0 Å². The van der Waals surface area contributed by atoms with Crippen LogP contribution in [0.1, 0.15) is 19.3 Å². The summed E-state index contributed by atoms with van der Waals surface area (Å²) in [4.78, 5) is 27.7. The molecule has 108 valence electrons. The molecule has 1 aromatic rings. The lowest BCUT2D eigenvalue weighted by Gasteiger charge is -2.24. The lowest BCUT2D eigenvalue weighted by atomic mass is 10.2. The Kier molecular flexibility index (Phi) is 4.74. The standard InChI is InChI=1S/C15H21N3O2/c1-17(14(19)8-5-10-16)13-9-11-18(15(13)20)12-6-3-2-4-7-12/h2-4,6-7,13H,5,8-11,16H2,1H3. The maximum atomic E-state index is 12.4. The predicted octanol–water partition coefficient (Wildman–Crippen LogP) is 0.989. The molecule has 2 amide bonds. The molecule has 1 fully saturated rings. The Bertz CT molecular complexity index is 475. The summed E-state index contributed by atoms with van der Waals surface area (Å²) in [6.07, 6.45) is 1.74. The Hall–Kier alpha value is -1.88. The largest absolute Gasteiger partial charge is 0.334 e. The highest BCUT2D eigenvalue weighted by Gasteiger charge is 2.36. The number of benzene rings is 1. The van der Waals surface area contributed by atoms with Gasteiger partial charge in [-0.2, -0.15) is 0 Å². The first-order valence-electron chi connectivity index (χ1n) is 6.97. The molecule has 0 aromatic heterocycles. The summed E-state index contributed by atoms with van der Waals surface area (Å²) in [5, 5.41) is 0. The Balaban J connectivity index is 2.02. The van der Waals surface area contributed by atoms with E-state index < -0.39 is 0 Å². The Labute approximate surface area is 119 Å². The number of nitrogens with zero attached hydrogens (tertiary/aromatic N) is 2. The van der Waals surface area contributed by atoms with Gasteiger partial charge >= 0.3 is 0 Å². The minimum absolute atomic E-state index is 0.000187. The van der Waals surface area contributed by atoms with Gasteiger partial charge in [-0.25, -0.2) is 0 Å². The van der Waals surface area contributed by atoms with E-state index in [0.717, 1.165) is 5.69 Å². The zero-order valence-corrected chi connectivity index (χ0v) is 11.8. The van der Waals surface area contributed by atoms with E-state index in [9.17, 15) is 9.59 Å².